The summed E-state index contributed by atoms with van der Waals surface area (Å²) in [5, 5.41) is 2.77. The third kappa shape index (κ3) is 4.90. The molecule has 0 aliphatic carbocycles. The van der Waals surface area contributed by atoms with E-state index < -0.39 is 16.1 Å². The van der Waals surface area contributed by atoms with Crippen LogP contribution in [-0.4, -0.2) is 44.3 Å². The Balaban J connectivity index is 1.85. The minimum absolute atomic E-state index is 0.157. The summed E-state index contributed by atoms with van der Waals surface area (Å²) in [5.41, 5.74) is 2.97. The van der Waals surface area contributed by atoms with Crippen molar-refractivity contribution in [2.45, 2.75) is 51.5 Å². The van der Waals surface area contributed by atoms with Crippen LogP contribution < -0.4 is 10.0 Å². The fourth-order valence-corrected chi connectivity index (χ4v) is 5.76. The number of likely N-dealkylation sites (tertiary alicyclic amines) is 1. The van der Waals surface area contributed by atoms with Crippen molar-refractivity contribution in [2.24, 2.45) is 0 Å². The summed E-state index contributed by atoms with van der Waals surface area (Å²) in [6, 6.07) is 9.56. The van der Waals surface area contributed by atoms with E-state index in [1.54, 1.807) is 36.9 Å². The molecule has 2 amide bonds. The Morgan fingerprint density at radius 3 is 2.42 bits per heavy atom. The van der Waals surface area contributed by atoms with Gasteiger partial charge in [-0.05, 0) is 69.9 Å². The predicted molar refractivity (Wildman–Crippen MR) is 121 cm³/mol. The molecule has 2 N–H and O–H groups in total. The summed E-state index contributed by atoms with van der Waals surface area (Å²) in [4.78, 5) is 27.2. The van der Waals surface area contributed by atoms with Gasteiger partial charge in [0.1, 0.15) is 6.04 Å². The molecule has 0 radical (unpaired) electrons. The number of carbonyl (C=O) groups is 2. The highest BCUT2D eigenvalue weighted by Gasteiger charge is 2.34. The van der Waals surface area contributed by atoms with Crippen molar-refractivity contribution in [3.8, 4) is 0 Å². The third-order valence-corrected chi connectivity index (χ3v) is 7.09. The SMILES string of the molecule is CCNC(=O)[C@@H]1CCCN1C(=O)c1cccc(NS(=O)(=O)c2c(C)cc(C)cc2C)c1. The number of amides is 2. The molecule has 1 saturated heterocycles. The Labute approximate surface area is 183 Å². The van der Waals surface area contributed by atoms with Gasteiger partial charge in [0.25, 0.3) is 15.9 Å². The average Bonchev–Trinajstić information content (AvgIpc) is 3.16. The van der Waals surface area contributed by atoms with Gasteiger partial charge in [-0.25, -0.2) is 8.42 Å². The molecule has 0 spiro atoms. The standard InChI is InChI=1S/C23H29N3O4S/c1-5-24-22(27)20-10-7-11-26(20)23(28)18-8-6-9-19(14-18)25-31(29,30)21-16(3)12-15(2)13-17(21)4/h6,8-9,12-14,20,25H,5,7,10-11H2,1-4H3,(H,24,27)/t20-/m0/s1. The van der Waals surface area contributed by atoms with E-state index in [2.05, 4.69) is 10.0 Å². The predicted octanol–water partition coefficient (Wildman–Crippen LogP) is 3.15. The van der Waals surface area contributed by atoms with E-state index in [0.717, 1.165) is 12.0 Å². The number of rotatable bonds is 6. The summed E-state index contributed by atoms with van der Waals surface area (Å²) in [7, 11) is -3.82. The van der Waals surface area contributed by atoms with Crippen molar-refractivity contribution < 1.29 is 18.0 Å². The van der Waals surface area contributed by atoms with Crippen molar-refractivity contribution in [1.29, 1.82) is 0 Å². The second-order valence-electron chi connectivity index (χ2n) is 7.97. The van der Waals surface area contributed by atoms with E-state index in [1.807, 2.05) is 26.0 Å². The van der Waals surface area contributed by atoms with Crippen molar-refractivity contribution in [3.05, 3.63) is 58.7 Å². The van der Waals surface area contributed by atoms with Crippen LogP contribution in [0.15, 0.2) is 41.3 Å². The van der Waals surface area contributed by atoms with Crippen LogP contribution in [0.25, 0.3) is 0 Å². The maximum absolute atomic E-state index is 13.1. The zero-order valence-electron chi connectivity index (χ0n) is 18.4. The zero-order chi connectivity index (χ0) is 22.8. The van der Waals surface area contributed by atoms with Gasteiger partial charge in [0, 0.05) is 24.3 Å². The van der Waals surface area contributed by atoms with E-state index in [0.29, 0.717) is 41.9 Å². The second kappa shape index (κ2) is 9.09. The van der Waals surface area contributed by atoms with E-state index in [1.165, 1.54) is 6.07 Å². The molecule has 1 fully saturated rings. The Hall–Kier alpha value is -2.87. The van der Waals surface area contributed by atoms with E-state index in [9.17, 15) is 18.0 Å². The molecule has 1 heterocycles. The minimum Gasteiger partial charge on any atom is -0.355 e. The topological polar surface area (TPSA) is 95.6 Å². The molecule has 0 aromatic heterocycles. The molecule has 0 unspecified atom stereocenters. The van der Waals surface area contributed by atoms with Gasteiger partial charge < -0.3 is 10.2 Å². The monoisotopic (exact) mass is 443 g/mol. The smallest absolute Gasteiger partial charge is 0.262 e. The molecular formula is C23H29N3O4S. The van der Waals surface area contributed by atoms with E-state index in [-0.39, 0.29) is 16.7 Å². The Morgan fingerprint density at radius 1 is 1.10 bits per heavy atom. The molecular weight excluding hydrogens is 414 g/mol. The van der Waals surface area contributed by atoms with Crippen LogP contribution in [0, 0.1) is 20.8 Å². The molecule has 2 aromatic rings. The third-order valence-electron chi connectivity index (χ3n) is 5.40. The normalized spacial score (nSPS) is 16.3. The first-order valence-corrected chi connectivity index (χ1v) is 11.9. The molecule has 0 bridgehead atoms. The summed E-state index contributed by atoms with van der Waals surface area (Å²) in [5.74, 6) is -0.437. The lowest BCUT2D eigenvalue weighted by Crippen LogP contribution is -2.45. The summed E-state index contributed by atoms with van der Waals surface area (Å²) in [6.45, 7) is 8.30. The number of nitrogens with one attached hydrogen (secondary N) is 2. The highest BCUT2D eigenvalue weighted by molar-refractivity contribution is 7.92. The van der Waals surface area contributed by atoms with Crippen LogP contribution in [0.2, 0.25) is 0 Å². The zero-order valence-corrected chi connectivity index (χ0v) is 19.2. The number of likely N-dealkylation sites (N-methyl/N-ethyl adjacent to an activating group) is 1. The quantitative estimate of drug-likeness (QED) is 0.717. The molecule has 1 atom stereocenters. The number of carbonyl (C=O) groups excluding carboxylic acids is 2. The first kappa shape index (κ1) is 22.8. The summed E-state index contributed by atoms with van der Waals surface area (Å²) >= 11 is 0. The van der Waals surface area contributed by atoms with Gasteiger partial charge in [-0.2, -0.15) is 0 Å². The number of sulfonamides is 1. The molecule has 0 saturated carbocycles. The van der Waals surface area contributed by atoms with Gasteiger partial charge in [-0.3, -0.25) is 14.3 Å². The van der Waals surface area contributed by atoms with E-state index >= 15 is 0 Å². The number of anilines is 1. The molecule has 1 aliphatic rings. The number of nitrogens with zero attached hydrogens (tertiary/aromatic N) is 1. The molecule has 2 aromatic carbocycles. The average molecular weight is 444 g/mol. The first-order chi connectivity index (χ1) is 14.6. The maximum Gasteiger partial charge on any atom is 0.262 e. The van der Waals surface area contributed by atoms with Gasteiger partial charge in [0.05, 0.1) is 4.90 Å². The molecule has 8 heteroatoms. The van der Waals surface area contributed by atoms with Gasteiger partial charge >= 0.3 is 0 Å². The Bertz CT molecular complexity index is 1090. The van der Waals surface area contributed by atoms with Crippen LogP contribution in [-0.2, 0) is 14.8 Å². The lowest BCUT2D eigenvalue weighted by molar-refractivity contribution is -0.124. The Morgan fingerprint density at radius 2 is 1.77 bits per heavy atom. The van der Waals surface area contributed by atoms with Crippen molar-refractivity contribution in [2.75, 3.05) is 17.8 Å². The van der Waals surface area contributed by atoms with Crippen LogP contribution in [0.1, 0.15) is 46.8 Å². The largest absolute Gasteiger partial charge is 0.355 e. The number of aryl methyl sites for hydroxylation is 3. The summed E-state index contributed by atoms with van der Waals surface area (Å²) in [6.07, 6.45) is 1.38. The number of benzene rings is 2. The van der Waals surface area contributed by atoms with Crippen molar-refractivity contribution in [1.82, 2.24) is 10.2 Å². The lowest BCUT2D eigenvalue weighted by atomic mass is 10.1. The van der Waals surface area contributed by atoms with Crippen molar-refractivity contribution in [3.63, 3.8) is 0 Å². The Kier molecular flexibility index (Phi) is 6.69. The lowest BCUT2D eigenvalue weighted by Gasteiger charge is -2.24. The van der Waals surface area contributed by atoms with Crippen LogP contribution in [0.5, 0.6) is 0 Å². The molecule has 3 rings (SSSR count). The van der Waals surface area contributed by atoms with E-state index in [4.69, 9.17) is 0 Å². The second-order valence-corrected chi connectivity index (χ2v) is 9.58. The molecule has 31 heavy (non-hydrogen) atoms. The molecule has 166 valence electrons. The fourth-order valence-electron chi connectivity index (χ4n) is 4.25. The van der Waals surface area contributed by atoms with Gasteiger partial charge in [-0.1, -0.05) is 23.8 Å². The minimum atomic E-state index is -3.82. The van der Waals surface area contributed by atoms with Gasteiger partial charge in [-0.15, -0.1) is 0 Å². The number of hydrogen-bond donors (Lipinski definition) is 2. The number of hydrogen-bond acceptors (Lipinski definition) is 4. The fraction of sp³-hybridized carbons (Fsp3) is 0.391. The van der Waals surface area contributed by atoms with Crippen LogP contribution in [0.4, 0.5) is 5.69 Å². The van der Waals surface area contributed by atoms with Crippen LogP contribution >= 0.6 is 0 Å². The highest BCUT2D eigenvalue weighted by atomic mass is 32.2. The highest BCUT2D eigenvalue weighted by Crippen LogP contribution is 2.26. The van der Waals surface area contributed by atoms with Crippen LogP contribution in [0.3, 0.4) is 0 Å². The summed E-state index contributed by atoms with van der Waals surface area (Å²) < 4.78 is 28.7. The van der Waals surface area contributed by atoms with Gasteiger partial charge in [0.15, 0.2) is 0 Å². The molecule has 1 aliphatic heterocycles. The molecule has 7 nitrogen and oxygen atoms in total. The van der Waals surface area contributed by atoms with Crippen molar-refractivity contribution >= 4 is 27.5 Å². The van der Waals surface area contributed by atoms with Gasteiger partial charge in [0.2, 0.25) is 5.91 Å². The maximum atomic E-state index is 13.1. The first-order valence-electron chi connectivity index (χ1n) is 10.4.